The highest BCUT2D eigenvalue weighted by molar-refractivity contribution is 6.39. The van der Waals surface area contributed by atoms with Crippen molar-refractivity contribution in [2.75, 3.05) is 5.73 Å². The van der Waals surface area contributed by atoms with Gasteiger partial charge in [-0.15, -0.1) is 0 Å². The molecule has 21 heavy (non-hydrogen) atoms. The monoisotopic (exact) mass is 318 g/mol. The Morgan fingerprint density at radius 1 is 1.00 bits per heavy atom. The van der Waals surface area contributed by atoms with Gasteiger partial charge >= 0.3 is 0 Å². The van der Waals surface area contributed by atoms with Gasteiger partial charge in [-0.3, -0.25) is 9.67 Å². The van der Waals surface area contributed by atoms with Gasteiger partial charge in [0.05, 0.1) is 15.6 Å². The first kappa shape index (κ1) is 13.9. The molecule has 106 valence electrons. The molecule has 0 amide bonds. The number of nitrogen functional groups attached to an aromatic ring is 1. The van der Waals surface area contributed by atoms with E-state index >= 15 is 0 Å². The molecule has 0 fully saturated rings. The standard InChI is InChI=1S/C15H12Cl2N4/c1-21-15(18)13(12-10(16)3-2-4-11(12)17)14(20-21)9-5-7-19-8-6-9/h2-8H,18H2,1H3. The average molecular weight is 319 g/mol. The minimum Gasteiger partial charge on any atom is -0.383 e. The number of aromatic nitrogens is 3. The van der Waals surface area contributed by atoms with Gasteiger partial charge in [0.25, 0.3) is 0 Å². The zero-order valence-electron chi connectivity index (χ0n) is 11.2. The number of aryl methyl sites for hydroxylation is 1. The van der Waals surface area contributed by atoms with E-state index in [0.29, 0.717) is 21.4 Å². The quantitative estimate of drug-likeness (QED) is 0.775. The van der Waals surface area contributed by atoms with Gasteiger partial charge in [-0.2, -0.15) is 5.10 Å². The number of nitrogens with two attached hydrogens (primary N) is 1. The molecule has 0 saturated carbocycles. The molecule has 3 aromatic rings. The summed E-state index contributed by atoms with van der Waals surface area (Å²) in [7, 11) is 1.79. The molecule has 3 rings (SSSR count). The minimum atomic E-state index is 0.511. The predicted octanol–water partition coefficient (Wildman–Crippen LogP) is 4.04. The van der Waals surface area contributed by atoms with Crippen LogP contribution in [-0.4, -0.2) is 14.8 Å². The third-order valence-electron chi connectivity index (χ3n) is 3.26. The van der Waals surface area contributed by atoms with E-state index in [4.69, 9.17) is 28.9 Å². The van der Waals surface area contributed by atoms with E-state index in [1.807, 2.05) is 12.1 Å². The Labute approximate surface area is 132 Å². The number of pyridine rings is 1. The lowest BCUT2D eigenvalue weighted by atomic mass is 10.0. The molecule has 1 aromatic carbocycles. The van der Waals surface area contributed by atoms with Gasteiger partial charge in [0.1, 0.15) is 11.5 Å². The van der Waals surface area contributed by atoms with Gasteiger partial charge in [0, 0.05) is 30.6 Å². The summed E-state index contributed by atoms with van der Waals surface area (Å²) in [5.74, 6) is 0.511. The first-order valence-corrected chi connectivity index (χ1v) is 7.02. The molecule has 0 aliphatic carbocycles. The number of nitrogens with zero attached hydrogens (tertiary/aromatic N) is 3. The van der Waals surface area contributed by atoms with Crippen molar-refractivity contribution in [3.8, 4) is 22.4 Å². The van der Waals surface area contributed by atoms with E-state index in [1.54, 1.807) is 42.3 Å². The normalized spacial score (nSPS) is 10.8. The smallest absolute Gasteiger partial charge is 0.130 e. The van der Waals surface area contributed by atoms with Crippen LogP contribution in [-0.2, 0) is 7.05 Å². The number of hydrogen-bond acceptors (Lipinski definition) is 3. The van der Waals surface area contributed by atoms with Crippen molar-refractivity contribution >= 4 is 29.0 Å². The zero-order chi connectivity index (χ0) is 15.0. The van der Waals surface area contributed by atoms with Gasteiger partial charge in [-0.1, -0.05) is 29.3 Å². The van der Waals surface area contributed by atoms with Crippen LogP contribution in [0.4, 0.5) is 5.82 Å². The Balaban J connectivity index is 2.33. The molecule has 6 heteroatoms. The maximum Gasteiger partial charge on any atom is 0.130 e. The van der Waals surface area contributed by atoms with Crippen LogP contribution in [0.2, 0.25) is 10.0 Å². The number of hydrogen-bond donors (Lipinski definition) is 1. The summed E-state index contributed by atoms with van der Waals surface area (Å²) in [4.78, 5) is 4.02. The molecule has 0 unspecified atom stereocenters. The van der Waals surface area contributed by atoms with Gasteiger partial charge in [-0.25, -0.2) is 0 Å². The van der Waals surface area contributed by atoms with Crippen LogP contribution in [0.5, 0.6) is 0 Å². The molecular weight excluding hydrogens is 307 g/mol. The summed E-state index contributed by atoms with van der Waals surface area (Å²) in [5, 5.41) is 5.56. The second kappa shape index (κ2) is 5.39. The summed E-state index contributed by atoms with van der Waals surface area (Å²) in [5.41, 5.74) is 9.24. The molecule has 0 aliphatic heterocycles. The van der Waals surface area contributed by atoms with E-state index in [-0.39, 0.29) is 0 Å². The van der Waals surface area contributed by atoms with Crippen LogP contribution in [0.15, 0.2) is 42.7 Å². The molecule has 0 aliphatic rings. The van der Waals surface area contributed by atoms with E-state index in [9.17, 15) is 0 Å². The van der Waals surface area contributed by atoms with Crippen LogP contribution in [0, 0.1) is 0 Å². The molecule has 2 N–H and O–H groups in total. The van der Waals surface area contributed by atoms with E-state index < -0.39 is 0 Å². The number of benzene rings is 1. The van der Waals surface area contributed by atoms with Gasteiger partial charge in [-0.05, 0) is 24.3 Å². The lowest BCUT2D eigenvalue weighted by Crippen LogP contribution is -1.98. The van der Waals surface area contributed by atoms with Crippen molar-refractivity contribution in [1.29, 1.82) is 0 Å². The Kier molecular flexibility index (Phi) is 3.57. The number of halogens is 2. The zero-order valence-corrected chi connectivity index (χ0v) is 12.7. The minimum absolute atomic E-state index is 0.511. The largest absolute Gasteiger partial charge is 0.383 e. The third-order valence-corrected chi connectivity index (χ3v) is 3.89. The Morgan fingerprint density at radius 2 is 1.62 bits per heavy atom. The highest BCUT2D eigenvalue weighted by Gasteiger charge is 2.21. The number of rotatable bonds is 2. The van der Waals surface area contributed by atoms with Crippen molar-refractivity contribution in [2.24, 2.45) is 7.05 Å². The summed E-state index contributed by atoms with van der Waals surface area (Å²) in [6, 6.07) is 9.11. The van der Waals surface area contributed by atoms with Gasteiger partial charge in [0.15, 0.2) is 0 Å². The second-order valence-corrected chi connectivity index (χ2v) is 5.38. The van der Waals surface area contributed by atoms with Crippen molar-refractivity contribution in [1.82, 2.24) is 14.8 Å². The molecular formula is C15H12Cl2N4. The average Bonchev–Trinajstić information content (AvgIpc) is 2.77. The molecule has 4 nitrogen and oxygen atoms in total. The Morgan fingerprint density at radius 3 is 2.24 bits per heavy atom. The molecule has 0 bridgehead atoms. The van der Waals surface area contributed by atoms with Crippen LogP contribution in [0.1, 0.15) is 0 Å². The summed E-state index contributed by atoms with van der Waals surface area (Å²) in [6.45, 7) is 0. The fourth-order valence-electron chi connectivity index (χ4n) is 2.23. The number of anilines is 1. The van der Waals surface area contributed by atoms with Crippen LogP contribution >= 0.6 is 23.2 Å². The molecule has 0 saturated heterocycles. The maximum atomic E-state index is 6.32. The highest BCUT2D eigenvalue weighted by Crippen LogP contribution is 2.42. The first-order valence-electron chi connectivity index (χ1n) is 6.27. The third kappa shape index (κ3) is 2.37. The topological polar surface area (TPSA) is 56.7 Å². The molecule has 0 radical (unpaired) electrons. The summed E-state index contributed by atoms with van der Waals surface area (Å²) >= 11 is 12.6. The van der Waals surface area contributed by atoms with Crippen molar-refractivity contribution in [2.45, 2.75) is 0 Å². The molecule has 2 aromatic heterocycles. The fourth-order valence-corrected chi connectivity index (χ4v) is 2.82. The lowest BCUT2D eigenvalue weighted by molar-refractivity contribution is 0.782. The summed E-state index contributed by atoms with van der Waals surface area (Å²) in [6.07, 6.45) is 3.41. The molecule has 0 atom stereocenters. The lowest BCUT2D eigenvalue weighted by Gasteiger charge is -2.08. The van der Waals surface area contributed by atoms with Crippen LogP contribution in [0.3, 0.4) is 0 Å². The Hall–Kier alpha value is -2.04. The highest BCUT2D eigenvalue weighted by atomic mass is 35.5. The SMILES string of the molecule is Cn1nc(-c2ccncc2)c(-c2c(Cl)cccc2Cl)c1N. The van der Waals surface area contributed by atoms with Crippen LogP contribution < -0.4 is 5.73 Å². The Bertz CT molecular complexity index is 777. The maximum absolute atomic E-state index is 6.32. The predicted molar refractivity (Wildman–Crippen MR) is 86.3 cm³/mol. The van der Waals surface area contributed by atoms with E-state index in [0.717, 1.165) is 16.8 Å². The van der Waals surface area contributed by atoms with Crippen molar-refractivity contribution < 1.29 is 0 Å². The van der Waals surface area contributed by atoms with Crippen molar-refractivity contribution in [3.63, 3.8) is 0 Å². The van der Waals surface area contributed by atoms with Crippen molar-refractivity contribution in [3.05, 3.63) is 52.8 Å². The van der Waals surface area contributed by atoms with Gasteiger partial charge < -0.3 is 5.73 Å². The molecule has 2 heterocycles. The fraction of sp³-hybridized carbons (Fsp3) is 0.0667. The van der Waals surface area contributed by atoms with Gasteiger partial charge in [0.2, 0.25) is 0 Å². The first-order chi connectivity index (χ1) is 10.1. The molecule has 0 spiro atoms. The van der Waals surface area contributed by atoms with Crippen LogP contribution in [0.25, 0.3) is 22.4 Å². The summed E-state index contributed by atoms with van der Waals surface area (Å²) < 4.78 is 1.62. The van der Waals surface area contributed by atoms with E-state index in [1.165, 1.54) is 0 Å². The van der Waals surface area contributed by atoms with E-state index in [2.05, 4.69) is 10.1 Å². The second-order valence-electron chi connectivity index (χ2n) is 4.57.